The van der Waals surface area contributed by atoms with Gasteiger partial charge in [-0.05, 0) is 37.8 Å². The van der Waals surface area contributed by atoms with Gasteiger partial charge in [0.15, 0.2) is 0 Å². The van der Waals surface area contributed by atoms with Crippen LogP contribution in [0.2, 0.25) is 0 Å². The van der Waals surface area contributed by atoms with Gasteiger partial charge in [-0.15, -0.1) is 11.3 Å². The van der Waals surface area contributed by atoms with Crippen molar-refractivity contribution in [2.75, 3.05) is 5.73 Å². The van der Waals surface area contributed by atoms with Crippen molar-refractivity contribution in [3.8, 4) is 0 Å². The summed E-state index contributed by atoms with van der Waals surface area (Å²) in [7, 11) is 0. The van der Waals surface area contributed by atoms with Gasteiger partial charge in [-0.1, -0.05) is 6.42 Å². The molecule has 0 spiro atoms. The number of anilines is 1. The molecule has 4 nitrogen and oxygen atoms in total. The molecule has 2 aromatic heterocycles. The molecule has 5 heteroatoms. The average molecular weight is 275 g/mol. The number of thiophene rings is 1. The molecule has 1 saturated carbocycles. The highest BCUT2D eigenvalue weighted by Crippen LogP contribution is 2.33. The Morgan fingerprint density at radius 2 is 2.37 bits per heavy atom. The van der Waals surface area contributed by atoms with Crippen molar-refractivity contribution in [2.24, 2.45) is 5.92 Å². The molecule has 1 unspecified atom stereocenters. The van der Waals surface area contributed by atoms with Crippen LogP contribution in [0.15, 0.2) is 18.3 Å². The molecule has 1 aliphatic carbocycles. The average Bonchev–Trinajstić information content (AvgIpc) is 2.65. The lowest BCUT2D eigenvalue weighted by Gasteiger charge is -2.31. The number of hydrogen-bond acceptors (Lipinski definition) is 4. The predicted molar refractivity (Wildman–Crippen MR) is 78.3 cm³/mol. The Kier molecular flexibility index (Phi) is 3.14. The van der Waals surface area contributed by atoms with Crippen LogP contribution in [-0.4, -0.2) is 16.9 Å². The van der Waals surface area contributed by atoms with Crippen LogP contribution in [0, 0.1) is 5.92 Å². The van der Waals surface area contributed by atoms with Crippen molar-refractivity contribution in [2.45, 2.75) is 32.2 Å². The molecule has 19 heavy (non-hydrogen) atoms. The highest BCUT2D eigenvalue weighted by atomic mass is 32.1. The van der Waals surface area contributed by atoms with Crippen molar-refractivity contribution in [1.82, 2.24) is 10.3 Å². The van der Waals surface area contributed by atoms with Gasteiger partial charge in [0.05, 0.1) is 5.69 Å². The molecule has 2 heterocycles. The Hall–Kier alpha value is -1.62. The molecule has 2 aromatic rings. The minimum Gasteiger partial charge on any atom is -0.397 e. The van der Waals surface area contributed by atoms with E-state index in [0.29, 0.717) is 16.5 Å². The third-order valence-corrected chi connectivity index (χ3v) is 5.05. The van der Waals surface area contributed by atoms with E-state index in [9.17, 15) is 4.79 Å². The normalized spacial score (nSPS) is 17.1. The second-order valence-corrected chi connectivity index (χ2v) is 6.15. The third-order valence-electron chi connectivity index (χ3n) is 3.93. The topological polar surface area (TPSA) is 68.0 Å². The number of amides is 1. The molecule has 0 aliphatic heterocycles. The number of nitrogens with zero attached hydrogens (tertiary/aromatic N) is 1. The van der Waals surface area contributed by atoms with Gasteiger partial charge < -0.3 is 11.1 Å². The van der Waals surface area contributed by atoms with Gasteiger partial charge in [-0.2, -0.15) is 0 Å². The van der Waals surface area contributed by atoms with Gasteiger partial charge >= 0.3 is 0 Å². The molecular formula is C14H17N3OS. The van der Waals surface area contributed by atoms with E-state index >= 15 is 0 Å². The van der Waals surface area contributed by atoms with Gasteiger partial charge in [-0.3, -0.25) is 4.79 Å². The minimum absolute atomic E-state index is 0.0695. The summed E-state index contributed by atoms with van der Waals surface area (Å²) >= 11 is 1.36. The summed E-state index contributed by atoms with van der Waals surface area (Å²) in [5.41, 5.74) is 6.60. The van der Waals surface area contributed by atoms with E-state index in [1.807, 2.05) is 12.1 Å². The summed E-state index contributed by atoms with van der Waals surface area (Å²) in [6, 6.07) is 3.96. The molecule has 3 rings (SSSR count). The number of hydrogen-bond donors (Lipinski definition) is 2. The Morgan fingerprint density at radius 1 is 1.58 bits per heavy atom. The summed E-state index contributed by atoms with van der Waals surface area (Å²) in [4.78, 5) is 17.9. The number of carbonyl (C=O) groups excluding carboxylic acids is 1. The fourth-order valence-electron chi connectivity index (χ4n) is 2.45. The molecule has 0 bridgehead atoms. The number of carbonyl (C=O) groups is 1. The van der Waals surface area contributed by atoms with Crippen LogP contribution in [0.1, 0.15) is 35.9 Å². The molecule has 0 saturated heterocycles. The van der Waals surface area contributed by atoms with Crippen LogP contribution < -0.4 is 11.1 Å². The van der Waals surface area contributed by atoms with E-state index < -0.39 is 0 Å². The second-order valence-electron chi connectivity index (χ2n) is 5.15. The quantitative estimate of drug-likeness (QED) is 0.905. The second kappa shape index (κ2) is 4.81. The lowest BCUT2D eigenvalue weighted by atomic mass is 9.80. The third kappa shape index (κ3) is 2.18. The first-order valence-electron chi connectivity index (χ1n) is 6.60. The smallest absolute Gasteiger partial charge is 0.263 e. The maximum absolute atomic E-state index is 12.3. The van der Waals surface area contributed by atoms with Gasteiger partial charge in [0, 0.05) is 17.6 Å². The maximum Gasteiger partial charge on any atom is 0.263 e. The van der Waals surface area contributed by atoms with Crippen LogP contribution >= 0.6 is 11.3 Å². The summed E-state index contributed by atoms with van der Waals surface area (Å²) < 4.78 is 0. The van der Waals surface area contributed by atoms with Crippen molar-refractivity contribution in [3.63, 3.8) is 0 Å². The molecular weight excluding hydrogens is 258 g/mol. The van der Waals surface area contributed by atoms with E-state index in [-0.39, 0.29) is 11.9 Å². The number of nitrogen functional groups attached to an aromatic ring is 1. The molecule has 0 radical (unpaired) electrons. The molecule has 1 amide bonds. The lowest BCUT2D eigenvalue weighted by Crippen LogP contribution is -2.40. The highest BCUT2D eigenvalue weighted by molar-refractivity contribution is 7.21. The number of rotatable bonds is 3. The molecule has 1 atom stereocenters. The zero-order chi connectivity index (χ0) is 13.4. The molecule has 1 fully saturated rings. The molecule has 100 valence electrons. The first-order valence-corrected chi connectivity index (χ1v) is 7.42. The van der Waals surface area contributed by atoms with E-state index in [0.717, 1.165) is 10.2 Å². The van der Waals surface area contributed by atoms with Gasteiger partial charge in [0.25, 0.3) is 5.91 Å². The molecule has 1 aliphatic rings. The fraction of sp³-hybridized carbons (Fsp3) is 0.429. The number of aromatic nitrogens is 1. The summed E-state index contributed by atoms with van der Waals surface area (Å²) in [6.07, 6.45) is 5.42. The van der Waals surface area contributed by atoms with Gasteiger partial charge in [0.2, 0.25) is 0 Å². The number of pyridine rings is 1. The number of nitrogens with one attached hydrogen (secondary N) is 1. The highest BCUT2D eigenvalue weighted by Gasteiger charge is 2.26. The summed E-state index contributed by atoms with van der Waals surface area (Å²) in [5.74, 6) is 0.553. The van der Waals surface area contributed by atoms with Gasteiger partial charge in [-0.25, -0.2) is 4.98 Å². The van der Waals surface area contributed by atoms with E-state index in [1.165, 1.54) is 30.6 Å². The standard InChI is InChI=1S/C14H17N3OS/c1-8(9-4-2-5-9)17-13(18)12-11(15)10-6-3-7-16-14(10)19-12/h3,6-9H,2,4-5,15H2,1H3,(H,17,18). The molecule has 3 N–H and O–H groups in total. The predicted octanol–water partition coefficient (Wildman–Crippen LogP) is 2.80. The van der Waals surface area contributed by atoms with Crippen LogP contribution in [-0.2, 0) is 0 Å². The number of nitrogens with two attached hydrogens (primary N) is 1. The van der Waals surface area contributed by atoms with Crippen molar-refractivity contribution in [3.05, 3.63) is 23.2 Å². The maximum atomic E-state index is 12.3. The SMILES string of the molecule is CC(NC(=O)c1sc2ncccc2c1N)C1CCC1. The zero-order valence-electron chi connectivity index (χ0n) is 10.8. The van der Waals surface area contributed by atoms with E-state index in [1.54, 1.807) is 6.20 Å². The molecule has 0 aromatic carbocycles. The lowest BCUT2D eigenvalue weighted by molar-refractivity contribution is 0.0914. The summed E-state index contributed by atoms with van der Waals surface area (Å²) in [5, 5.41) is 3.93. The van der Waals surface area contributed by atoms with E-state index in [4.69, 9.17) is 5.73 Å². The van der Waals surface area contributed by atoms with Crippen LogP contribution in [0.5, 0.6) is 0 Å². The first-order chi connectivity index (χ1) is 9.16. The summed E-state index contributed by atoms with van der Waals surface area (Å²) in [6.45, 7) is 2.07. The van der Waals surface area contributed by atoms with Crippen molar-refractivity contribution < 1.29 is 4.79 Å². The van der Waals surface area contributed by atoms with Crippen LogP contribution in [0.3, 0.4) is 0 Å². The monoisotopic (exact) mass is 275 g/mol. The Balaban J connectivity index is 1.82. The van der Waals surface area contributed by atoms with E-state index in [2.05, 4.69) is 17.2 Å². The Bertz CT molecular complexity index is 618. The first kappa shape index (κ1) is 12.4. The van der Waals surface area contributed by atoms with Crippen molar-refractivity contribution >= 4 is 33.1 Å². The Labute approximate surface area is 116 Å². The van der Waals surface area contributed by atoms with Gasteiger partial charge in [0.1, 0.15) is 9.71 Å². The largest absolute Gasteiger partial charge is 0.397 e. The minimum atomic E-state index is -0.0695. The van der Waals surface area contributed by atoms with Crippen LogP contribution in [0.25, 0.3) is 10.2 Å². The van der Waals surface area contributed by atoms with Crippen LogP contribution in [0.4, 0.5) is 5.69 Å². The Morgan fingerprint density at radius 3 is 3.00 bits per heavy atom. The number of fused-ring (bicyclic) bond motifs is 1. The van der Waals surface area contributed by atoms with Crippen molar-refractivity contribution in [1.29, 1.82) is 0 Å². The zero-order valence-corrected chi connectivity index (χ0v) is 11.7. The fourth-order valence-corrected chi connectivity index (χ4v) is 3.42.